The Hall–Kier alpha value is -1.42. The first-order valence-corrected chi connectivity index (χ1v) is 7.58. The molecule has 0 heterocycles. The summed E-state index contributed by atoms with van der Waals surface area (Å²) in [5, 5.41) is 3.42. The summed E-state index contributed by atoms with van der Waals surface area (Å²) in [6.45, 7) is 12.6. The molecule has 0 aliphatic rings. The lowest BCUT2D eigenvalue weighted by molar-refractivity contribution is 0.242. The highest BCUT2D eigenvalue weighted by molar-refractivity contribution is 5.59. The molecular weight excluding hydrogens is 250 g/mol. The van der Waals surface area contributed by atoms with Crippen LogP contribution in [-0.2, 0) is 0 Å². The summed E-state index contributed by atoms with van der Waals surface area (Å²) in [6.07, 6.45) is 1.35. The minimum Gasteiger partial charge on any atom is -0.491 e. The Morgan fingerprint density at radius 3 is 2.55 bits per heavy atom. The van der Waals surface area contributed by atoms with E-state index in [2.05, 4.69) is 24.1 Å². The van der Waals surface area contributed by atoms with E-state index in [0.717, 1.165) is 43.3 Å². The Morgan fingerprint density at radius 2 is 1.95 bits per heavy atom. The molecule has 3 N–H and O–H groups in total. The number of nitrogen functional groups attached to an aromatic ring is 1. The number of ether oxygens (including phenoxy) is 1. The first-order chi connectivity index (χ1) is 9.55. The molecule has 20 heavy (non-hydrogen) atoms. The second-order valence-corrected chi connectivity index (χ2v) is 5.32. The van der Waals surface area contributed by atoms with Crippen LogP contribution in [0, 0.1) is 0 Å². The third-order valence-corrected chi connectivity index (χ3v) is 3.04. The van der Waals surface area contributed by atoms with Gasteiger partial charge in [-0.2, -0.15) is 0 Å². The normalized spacial score (nSPS) is 11.1. The van der Waals surface area contributed by atoms with Crippen molar-refractivity contribution in [3.63, 3.8) is 0 Å². The van der Waals surface area contributed by atoms with Crippen LogP contribution in [0.4, 0.5) is 11.4 Å². The summed E-state index contributed by atoms with van der Waals surface area (Å²) < 4.78 is 5.69. The Balaban J connectivity index is 2.52. The number of nitrogens with zero attached hydrogens (tertiary/aromatic N) is 1. The molecule has 0 aromatic heterocycles. The van der Waals surface area contributed by atoms with E-state index in [-0.39, 0.29) is 6.10 Å². The highest BCUT2D eigenvalue weighted by Crippen LogP contribution is 2.23. The lowest BCUT2D eigenvalue weighted by Gasteiger charge is -2.20. The Labute approximate surface area is 123 Å². The van der Waals surface area contributed by atoms with Gasteiger partial charge in [0.25, 0.3) is 0 Å². The SMILES string of the molecule is CCCN(CC)CCNc1cc(N)cc(OC(C)C)c1. The molecule has 0 spiro atoms. The zero-order valence-corrected chi connectivity index (χ0v) is 13.3. The average Bonchev–Trinajstić information content (AvgIpc) is 2.36. The molecule has 1 aromatic rings. The summed E-state index contributed by atoms with van der Waals surface area (Å²) in [5.41, 5.74) is 7.66. The lowest BCUT2D eigenvalue weighted by Crippen LogP contribution is -2.29. The van der Waals surface area contributed by atoms with Crippen molar-refractivity contribution in [1.29, 1.82) is 0 Å². The Bertz CT molecular complexity index is 393. The molecule has 0 unspecified atom stereocenters. The molecule has 0 aliphatic carbocycles. The van der Waals surface area contributed by atoms with Crippen LogP contribution in [-0.4, -0.2) is 37.2 Å². The number of likely N-dealkylation sites (N-methyl/N-ethyl adjacent to an activating group) is 1. The molecule has 0 bridgehead atoms. The van der Waals surface area contributed by atoms with Gasteiger partial charge in [-0.15, -0.1) is 0 Å². The van der Waals surface area contributed by atoms with Gasteiger partial charge in [-0.3, -0.25) is 0 Å². The predicted octanol–water partition coefficient (Wildman–Crippen LogP) is 3.20. The van der Waals surface area contributed by atoms with Crippen molar-refractivity contribution in [2.75, 3.05) is 37.2 Å². The number of rotatable bonds is 9. The second kappa shape index (κ2) is 8.69. The van der Waals surface area contributed by atoms with Crippen molar-refractivity contribution in [3.05, 3.63) is 18.2 Å². The van der Waals surface area contributed by atoms with Crippen LogP contribution in [0.5, 0.6) is 5.75 Å². The fourth-order valence-electron chi connectivity index (χ4n) is 2.17. The molecule has 114 valence electrons. The molecule has 0 amide bonds. The third-order valence-electron chi connectivity index (χ3n) is 3.04. The Morgan fingerprint density at radius 1 is 1.20 bits per heavy atom. The lowest BCUT2D eigenvalue weighted by atomic mass is 10.2. The zero-order chi connectivity index (χ0) is 15.0. The molecule has 4 nitrogen and oxygen atoms in total. The quantitative estimate of drug-likeness (QED) is 0.682. The summed E-state index contributed by atoms with van der Waals surface area (Å²) in [4.78, 5) is 2.44. The minimum atomic E-state index is 0.157. The van der Waals surface area contributed by atoms with E-state index >= 15 is 0 Å². The molecule has 4 heteroatoms. The standard InChI is InChI=1S/C16H29N3O/c1-5-8-19(6-2)9-7-18-15-10-14(17)11-16(12-15)20-13(3)4/h10-13,18H,5-9,17H2,1-4H3. The highest BCUT2D eigenvalue weighted by Gasteiger charge is 2.04. The molecule has 0 saturated heterocycles. The van der Waals surface area contributed by atoms with Gasteiger partial charge >= 0.3 is 0 Å². The van der Waals surface area contributed by atoms with Gasteiger partial charge in [0, 0.05) is 36.6 Å². The maximum absolute atomic E-state index is 5.91. The molecule has 0 radical (unpaired) electrons. The van der Waals surface area contributed by atoms with E-state index in [1.54, 1.807) is 0 Å². The van der Waals surface area contributed by atoms with Crippen molar-refractivity contribution in [2.24, 2.45) is 0 Å². The summed E-state index contributed by atoms with van der Waals surface area (Å²) in [6, 6.07) is 5.82. The maximum atomic E-state index is 5.91. The van der Waals surface area contributed by atoms with Crippen LogP contribution in [0.15, 0.2) is 18.2 Å². The minimum absolute atomic E-state index is 0.157. The average molecular weight is 279 g/mol. The summed E-state index contributed by atoms with van der Waals surface area (Å²) in [7, 11) is 0. The first-order valence-electron chi connectivity index (χ1n) is 7.58. The van der Waals surface area contributed by atoms with Crippen LogP contribution in [0.25, 0.3) is 0 Å². The van der Waals surface area contributed by atoms with Crippen molar-refractivity contribution in [3.8, 4) is 5.75 Å². The van der Waals surface area contributed by atoms with Gasteiger partial charge in [0.05, 0.1) is 6.10 Å². The molecule has 0 saturated carbocycles. The van der Waals surface area contributed by atoms with E-state index < -0.39 is 0 Å². The van der Waals surface area contributed by atoms with Gasteiger partial charge in [-0.05, 0) is 39.4 Å². The Kier molecular flexibility index (Phi) is 7.23. The van der Waals surface area contributed by atoms with Gasteiger partial charge in [-0.25, -0.2) is 0 Å². The second-order valence-electron chi connectivity index (χ2n) is 5.32. The maximum Gasteiger partial charge on any atom is 0.123 e. The first kappa shape index (κ1) is 16.6. The number of hydrogen-bond acceptors (Lipinski definition) is 4. The van der Waals surface area contributed by atoms with E-state index in [9.17, 15) is 0 Å². The van der Waals surface area contributed by atoms with E-state index in [1.807, 2.05) is 32.0 Å². The van der Waals surface area contributed by atoms with Gasteiger partial charge in [0.2, 0.25) is 0 Å². The highest BCUT2D eigenvalue weighted by atomic mass is 16.5. The zero-order valence-electron chi connectivity index (χ0n) is 13.3. The van der Waals surface area contributed by atoms with Crippen molar-refractivity contribution >= 4 is 11.4 Å². The van der Waals surface area contributed by atoms with Crippen molar-refractivity contribution in [2.45, 2.75) is 40.2 Å². The van der Waals surface area contributed by atoms with Crippen LogP contribution >= 0.6 is 0 Å². The van der Waals surface area contributed by atoms with Gasteiger partial charge in [0.15, 0.2) is 0 Å². The summed E-state index contributed by atoms with van der Waals surface area (Å²) in [5.74, 6) is 0.823. The van der Waals surface area contributed by atoms with Crippen LogP contribution in [0.2, 0.25) is 0 Å². The number of nitrogens with one attached hydrogen (secondary N) is 1. The van der Waals surface area contributed by atoms with E-state index in [1.165, 1.54) is 6.42 Å². The van der Waals surface area contributed by atoms with Crippen LogP contribution < -0.4 is 15.8 Å². The molecule has 1 rings (SSSR count). The molecule has 0 aliphatic heterocycles. The van der Waals surface area contributed by atoms with Crippen LogP contribution in [0.1, 0.15) is 34.1 Å². The number of anilines is 2. The largest absolute Gasteiger partial charge is 0.491 e. The van der Waals surface area contributed by atoms with Crippen molar-refractivity contribution < 1.29 is 4.74 Å². The van der Waals surface area contributed by atoms with Gasteiger partial charge < -0.3 is 20.7 Å². The predicted molar refractivity (Wildman–Crippen MR) is 87.5 cm³/mol. The molecule has 0 fully saturated rings. The van der Waals surface area contributed by atoms with Crippen LogP contribution in [0.3, 0.4) is 0 Å². The molecular formula is C16H29N3O. The molecule has 1 aromatic carbocycles. The number of nitrogens with two attached hydrogens (primary N) is 1. The number of benzene rings is 1. The van der Waals surface area contributed by atoms with Crippen molar-refractivity contribution in [1.82, 2.24) is 4.90 Å². The molecule has 0 atom stereocenters. The summed E-state index contributed by atoms with van der Waals surface area (Å²) >= 11 is 0. The third kappa shape index (κ3) is 6.15. The smallest absolute Gasteiger partial charge is 0.123 e. The number of hydrogen-bond donors (Lipinski definition) is 2. The fourth-order valence-corrected chi connectivity index (χ4v) is 2.17. The fraction of sp³-hybridized carbons (Fsp3) is 0.625. The topological polar surface area (TPSA) is 50.5 Å². The van der Waals surface area contributed by atoms with Gasteiger partial charge in [0.1, 0.15) is 5.75 Å². The van der Waals surface area contributed by atoms with E-state index in [0.29, 0.717) is 0 Å². The monoisotopic (exact) mass is 279 g/mol. The van der Waals surface area contributed by atoms with Gasteiger partial charge in [-0.1, -0.05) is 13.8 Å². The van der Waals surface area contributed by atoms with E-state index in [4.69, 9.17) is 10.5 Å².